The molecule has 0 spiro atoms. The number of hydrogen-bond acceptors (Lipinski definition) is 4. The molecule has 0 bridgehead atoms. The average Bonchev–Trinajstić information content (AvgIpc) is 3.08. The van der Waals surface area contributed by atoms with Crippen LogP contribution in [0.3, 0.4) is 0 Å². The van der Waals surface area contributed by atoms with Crippen molar-refractivity contribution in [3.05, 3.63) is 41.6 Å². The van der Waals surface area contributed by atoms with Crippen molar-refractivity contribution in [2.45, 2.75) is 57.7 Å². The molecular weight excluding hydrogens is 343 g/mol. The van der Waals surface area contributed by atoms with E-state index in [1.807, 2.05) is 24.3 Å². The summed E-state index contributed by atoms with van der Waals surface area (Å²) in [5.41, 5.74) is 1.04. The fraction of sp³-hybridized carbons (Fsp3) is 0.474. The quantitative estimate of drug-likeness (QED) is 0.740. The number of halogens is 3. The van der Waals surface area contributed by atoms with Gasteiger partial charge in [-0.1, -0.05) is 25.0 Å². The highest BCUT2D eigenvalue weighted by Gasteiger charge is 2.36. The topological polar surface area (TPSA) is 47.0 Å². The summed E-state index contributed by atoms with van der Waals surface area (Å²) < 4.78 is 44.4. The maximum absolute atomic E-state index is 13.1. The van der Waals surface area contributed by atoms with Crippen molar-refractivity contribution in [3.63, 3.8) is 0 Å². The largest absolute Gasteiger partial charge is 0.474 e. The molecule has 1 saturated carbocycles. The molecule has 0 aliphatic heterocycles. The molecule has 1 N–H and O–H groups in total. The summed E-state index contributed by atoms with van der Waals surface area (Å²) in [6.45, 7) is 3.30. The molecule has 1 fully saturated rings. The van der Waals surface area contributed by atoms with Crippen LogP contribution < -0.4 is 10.1 Å². The van der Waals surface area contributed by atoms with E-state index in [-0.39, 0.29) is 5.95 Å². The van der Waals surface area contributed by atoms with Gasteiger partial charge in [-0.3, -0.25) is 0 Å². The molecule has 1 aliphatic carbocycles. The van der Waals surface area contributed by atoms with Crippen LogP contribution in [-0.4, -0.2) is 16.1 Å². The third kappa shape index (κ3) is 4.45. The molecule has 1 aliphatic rings. The lowest BCUT2D eigenvalue weighted by atomic mass is 9.98. The Labute approximate surface area is 150 Å². The van der Waals surface area contributed by atoms with Gasteiger partial charge >= 0.3 is 6.18 Å². The van der Waals surface area contributed by atoms with Crippen LogP contribution in [0.5, 0.6) is 5.88 Å². The molecule has 140 valence electrons. The summed E-state index contributed by atoms with van der Waals surface area (Å²) in [6, 6.07) is 7.90. The van der Waals surface area contributed by atoms with E-state index in [2.05, 4.69) is 15.3 Å². The van der Waals surface area contributed by atoms with Gasteiger partial charge in [0.25, 0.3) is 0 Å². The standard InChI is InChI=1S/C19H22F3N3O/c1-12(2)26-17-16(19(20,21)22)11-23-18(25-17)24-15-9-7-14(8-10-15)13-5-3-4-6-13/h7-13H,3-6H2,1-2H3,(H,23,24,25). The first-order chi connectivity index (χ1) is 12.3. The lowest BCUT2D eigenvalue weighted by Crippen LogP contribution is -2.15. The van der Waals surface area contributed by atoms with Crippen molar-refractivity contribution in [2.75, 3.05) is 5.32 Å². The summed E-state index contributed by atoms with van der Waals surface area (Å²) in [4.78, 5) is 7.70. The molecule has 1 aromatic carbocycles. The molecule has 26 heavy (non-hydrogen) atoms. The van der Waals surface area contributed by atoms with E-state index in [0.717, 1.165) is 11.9 Å². The van der Waals surface area contributed by atoms with Crippen LogP contribution in [0.2, 0.25) is 0 Å². The highest BCUT2D eigenvalue weighted by Crippen LogP contribution is 2.36. The van der Waals surface area contributed by atoms with Gasteiger partial charge in [0.15, 0.2) is 0 Å². The molecule has 0 radical (unpaired) electrons. The van der Waals surface area contributed by atoms with Crippen LogP contribution in [0.15, 0.2) is 30.5 Å². The number of aromatic nitrogens is 2. The maximum atomic E-state index is 13.1. The average molecular weight is 365 g/mol. The predicted octanol–water partition coefficient (Wildman–Crippen LogP) is 5.68. The molecule has 0 unspecified atom stereocenters. The van der Waals surface area contributed by atoms with Crippen molar-refractivity contribution in [1.82, 2.24) is 9.97 Å². The highest BCUT2D eigenvalue weighted by molar-refractivity contribution is 5.54. The van der Waals surface area contributed by atoms with E-state index >= 15 is 0 Å². The van der Waals surface area contributed by atoms with E-state index in [0.29, 0.717) is 5.92 Å². The number of nitrogens with one attached hydrogen (secondary N) is 1. The number of rotatable bonds is 5. The molecule has 2 aromatic rings. The van der Waals surface area contributed by atoms with E-state index in [9.17, 15) is 13.2 Å². The van der Waals surface area contributed by atoms with Crippen molar-refractivity contribution in [2.24, 2.45) is 0 Å². The zero-order chi connectivity index (χ0) is 18.7. The smallest absolute Gasteiger partial charge is 0.423 e. The molecule has 0 saturated heterocycles. The molecule has 7 heteroatoms. The molecular formula is C19H22F3N3O. The molecule has 1 heterocycles. The SMILES string of the molecule is CC(C)Oc1nc(Nc2ccc(C3CCCC3)cc2)ncc1C(F)(F)F. The Morgan fingerprint density at radius 2 is 1.77 bits per heavy atom. The Morgan fingerprint density at radius 1 is 1.12 bits per heavy atom. The van der Waals surface area contributed by atoms with Gasteiger partial charge in [0.1, 0.15) is 5.56 Å². The third-order valence-corrected chi connectivity index (χ3v) is 4.40. The number of alkyl halides is 3. The first-order valence-corrected chi connectivity index (χ1v) is 8.81. The number of benzene rings is 1. The van der Waals surface area contributed by atoms with E-state index in [4.69, 9.17) is 4.74 Å². The lowest BCUT2D eigenvalue weighted by Gasteiger charge is -2.16. The normalized spacial score (nSPS) is 15.5. The van der Waals surface area contributed by atoms with Crippen LogP contribution in [-0.2, 0) is 6.18 Å². The van der Waals surface area contributed by atoms with Gasteiger partial charge in [-0.25, -0.2) is 4.98 Å². The second-order valence-corrected chi connectivity index (χ2v) is 6.81. The van der Waals surface area contributed by atoms with Gasteiger partial charge in [0, 0.05) is 11.9 Å². The highest BCUT2D eigenvalue weighted by atomic mass is 19.4. The van der Waals surface area contributed by atoms with Crippen LogP contribution in [0, 0.1) is 0 Å². The summed E-state index contributed by atoms with van der Waals surface area (Å²) in [5, 5.41) is 2.94. The van der Waals surface area contributed by atoms with Gasteiger partial charge in [0.05, 0.1) is 6.10 Å². The Balaban J connectivity index is 1.78. The summed E-state index contributed by atoms with van der Waals surface area (Å²) in [6.07, 6.45) is 0.719. The minimum atomic E-state index is -4.56. The van der Waals surface area contributed by atoms with Crippen LogP contribution in [0.25, 0.3) is 0 Å². The lowest BCUT2D eigenvalue weighted by molar-refractivity contribution is -0.139. The van der Waals surface area contributed by atoms with Crippen LogP contribution in [0.4, 0.5) is 24.8 Å². The fourth-order valence-electron chi connectivity index (χ4n) is 3.16. The van der Waals surface area contributed by atoms with Crippen molar-refractivity contribution in [1.29, 1.82) is 0 Å². The number of anilines is 2. The van der Waals surface area contributed by atoms with Crippen molar-refractivity contribution >= 4 is 11.6 Å². The minimum Gasteiger partial charge on any atom is -0.474 e. The van der Waals surface area contributed by atoms with Gasteiger partial charge in [-0.05, 0) is 50.3 Å². The molecule has 0 amide bonds. The summed E-state index contributed by atoms with van der Waals surface area (Å²) >= 11 is 0. The number of hydrogen-bond donors (Lipinski definition) is 1. The zero-order valence-electron chi connectivity index (χ0n) is 14.8. The van der Waals surface area contributed by atoms with Crippen molar-refractivity contribution < 1.29 is 17.9 Å². The number of ether oxygens (including phenoxy) is 1. The molecule has 0 atom stereocenters. The Bertz CT molecular complexity index is 739. The first-order valence-electron chi connectivity index (χ1n) is 8.81. The Hall–Kier alpha value is -2.31. The van der Waals surface area contributed by atoms with Gasteiger partial charge in [-0.2, -0.15) is 18.2 Å². The first kappa shape index (κ1) is 18.5. The third-order valence-electron chi connectivity index (χ3n) is 4.40. The summed E-state index contributed by atoms with van der Waals surface area (Å²) in [5.74, 6) is 0.215. The Morgan fingerprint density at radius 3 is 2.35 bits per heavy atom. The molecule has 3 rings (SSSR count). The van der Waals surface area contributed by atoms with Gasteiger partial charge in [-0.15, -0.1) is 0 Å². The second kappa shape index (κ2) is 7.51. The van der Waals surface area contributed by atoms with Crippen LogP contribution >= 0.6 is 0 Å². The monoisotopic (exact) mass is 365 g/mol. The minimum absolute atomic E-state index is 0.0715. The molecule has 1 aromatic heterocycles. The predicted molar refractivity (Wildman–Crippen MR) is 93.7 cm³/mol. The van der Waals surface area contributed by atoms with E-state index < -0.39 is 23.7 Å². The van der Waals surface area contributed by atoms with E-state index in [1.165, 1.54) is 31.2 Å². The summed E-state index contributed by atoms with van der Waals surface area (Å²) in [7, 11) is 0. The zero-order valence-corrected chi connectivity index (χ0v) is 14.8. The van der Waals surface area contributed by atoms with E-state index in [1.54, 1.807) is 13.8 Å². The number of nitrogens with zero attached hydrogens (tertiary/aromatic N) is 2. The fourth-order valence-corrected chi connectivity index (χ4v) is 3.16. The molecule has 4 nitrogen and oxygen atoms in total. The maximum Gasteiger partial charge on any atom is 0.423 e. The van der Waals surface area contributed by atoms with Gasteiger partial charge < -0.3 is 10.1 Å². The van der Waals surface area contributed by atoms with Gasteiger partial charge in [0.2, 0.25) is 11.8 Å². The Kier molecular flexibility index (Phi) is 5.34. The van der Waals surface area contributed by atoms with Crippen molar-refractivity contribution in [3.8, 4) is 5.88 Å². The second-order valence-electron chi connectivity index (χ2n) is 6.81. The van der Waals surface area contributed by atoms with Crippen LogP contribution in [0.1, 0.15) is 56.6 Å².